The van der Waals surface area contributed by atoms with Gasteiger partial charge in [0.25, 0.3) is 5.69 Å². The summed E-state index contributed by atoms with van der Waals surface area (Å²) in [6, 6.07) is 6.17. The number of hydrogen-bond acceptors (Lipinski definition) is 5. The van der Waals surface area contributed by atoms with Gasteiger partial charge in [0.1, 0.15) is 17.7 Å². The Morgan fingerprint density at radius 3 is 2.84 bits per heavy atom. The smallest absolute Gasteiger partial charge is 0.274 e. The van der Waals surface area contributed by atoms with Crippen LogP contribution in [0, 0.1) is 17.0 Å². The van der Waals surface area contributed by atoms with Crippen molar-refractivity contribution in [2.45, 2.75) is 6.92 Å². The Kier molecular flexibility index (Phi) is 3.52. The third-order valence-corrected chi connectivity index (χ3v) is 3.00. The van der Waals surface area contributed by atoms with Gasteiger partial charge in [-0.15, -0.1) is 0 Å². The first kappa shape index (κ1) is 13.1. The van der Waals surface area contributed by atoms with Crippen LogP contribution in [0.15, 0.2) is 33.8 Å². The fourth-order valence-corrected chi connectivity index (χ4v) is 1.84. The normalized spacial score (nSPS) is 11.1. The van der Waals surface area contributed by atoms with Crippen LogP contribution in [0.2, 0.25) is 5.02 Å². The van der Waals surface area contributed by atoms with Crippen molar-refractivity contribution in [1.29, 1.82) is 0 Å². The van der Waals surface area contributed by atoms with Crippen molar-refractivity contribution in [2.24, 2.45) is 5.16 Å². The summed E-state index contributed by atoms with van der Waals surface area (Å²) in [6.07, 6.45) is 1.12. The highest BCUT2D eigenvalue weighted by molar-refractivity contribution is 6.32. The maximum atomic E-state index is 10.9. The third kappa shape index (κ3) is 2.58. The van der Waals surface area contributed by atoms with Gasteiger partial charge in [0, 0.05) is 17.2 Å². The van der Waals surface area contributed by atoms with Gasteiger partial charge in [0.05, 0.1) is 9.95 Å². The van der Waals surface area contributed by atoms with Gasteiger partial charge < -0.3 is 9.62 Å². The number of oxime groups is 1. The molecule has 0 unspecified atom stereocenters. The molecule has 1 N–H and O–H groups in total. The zero-order chi connectivity index (χ0) is 14.0. The van der Waals surface area contributed by atoms with E-state index in [-0.39, 0.29) is 10.7 Å². The zero-order valence-electron chi connectivity index (χ0n) is 9.83. The molecular weight excluding hydrogens is 272 g/mol. The fourth-order valence-electron chi connectivity index (χ4n) is 1.63. The second kappa shape index (κ2) is 5.11. The molecule has 6 nitrogen and oxygen atoms in total. The van der Waals surface area contributed by atoms with Gasteiger partial charge >= 0.3 is 0 Å². The largest absolute Gasteiger partial charge is 0.455 e. The molecule has 0 radical (unpaired) electrons. The van der Waals surface area contributed by atoms with Crippen molar-refractivity contribution >= 4 is 23.5 Å². The quantitative estimate of drug-likeness (QED) is 0.402. The van der Waals surface area contributed by atoms with E-state index in [2.05, 4.69) is 5.16 Å². The fraction of sp³-hybridized carbons (Fsp3) is 0.0833. The summed E-state index contributed by atoms with van der Waals surface area (Å²) in [5.74, 6) is 0.733. The number of furan rings is 1. The molecule has 0 atom stereocenters. The van der Waals surface area contributed by atoms with Crippen LogP contribution >= 0.6 is 11.6 Å². The molecule has 0 saturated heterocycles. The lowest BCUT2D eigenvalue weighted by atomic mass is 10.1. The highest BCUT2D eigenvalue weighted by Gasteiger charge is 2.17. The van der Waals surface area contributed by atoms with E-state index >= 15 is 0 Å². The Bertz CT molecular complexity index is 664. The van der Waals surface area contributed by atoms with Crippen LogP contribution in [0.25, 0.3) is 11.3 Å². The molecule has 98 valence electrons. The Hall–Kier alpha value is -2.34. The summed E-state index contributed by atoms with van der Waals surface area (Å²) >= 11 is 5.97. The number of nitro groups is 1. The second-order valence-electron chi connectivity index (χ2n) is 3.81. The minimum Gasteiger partial charge on any atom is -0.455 e. The van der Waals surface area contributed by atoms with Crippen molar-refractivity contribution in [2.75, 3.05) is 0 Å². The predicted molar refractivity (Wildman–Crippen MR) is 69.9 cm³/mol. The summed E-state index contributed by atoms with van der Waals surface area (Å²) in [6.45, 7) is 1.58. The molecule has 0 amide bonds. The Balaban J connectivity index is 2.52. The molecule has 1 heterocycles. The van der Waals surface area contributed by atoms with Crippen LogP contribution in [0.3, 0.4) is 0 Å². The van der Waals surface area contributed by atoms with Gasteiger partial charge in [-0.2, -0.15) is 0 Å². The maximum absolute atomic E-state index is 10.9. The van der Waals surface area contributed by atoms with Crippen molar-refractivity contribution in [3.63, 3.8) is 0 Å². The zero-order valence-corrected chi connectivity index (χ0v) is 10.6. The van der Waals surface area contributed by atoms with Gasteiger partial charge in [0.2, 0.25) is 0 Å². The first-order chi connectivity index (χ1) is 9.02. The van der Waals surface area contributed by atoms with Gasteiger partial charge in [-0.05, 0) is 25.1 Å². The SMILES string of the molecule is Cc1c(Cl)cc(-c2ccc(/C=N/O)o2)cc1[N+](=O)[O-]. The second-order valence-corrected chi connectivity index (χ2v) is 4.21. The molecule has 1 aromatic carbocycles. The van der Waals surface area contributed by atoms with Crippen LogP contribution in [0.5, 0.6) is 0 Å². The van der Waals surface area contributed by atoms with Gasteiger partial charge in [0.15, 0.2) is 0 Å². The monoisotopic (exact) mass is 280 g/mol. The minimum atomic E-state index is -0.496. The molecule has 2 aromatic rings. The van der Waals surface area contributed by atoms with E-state index < -0.39 is 4.92 Å². The summed E-state index contributed by atoms with van der Waals surface area (Å²) in [4.78, 5) is 10.4. The molecule has 0 aliphatic rings. The van der Waals surface area contributed by atoms with Crippen LogP contribution < -0.4 is 0 Å². The number of nitrogens with zero attached hydrogens (tertiary/aromatic N) is 2. The van der Waals surface area contributed by atoms with Crippen molar-refractivity contribution in [1.82, 2.24) is 0 Å². The molecule has 0 saturated carbocycles. The summed E-state index contributed by atoms with van der Waals surface area (Å²) in [5.41, 5.74) is 0.815. The molecule has 19 heavy (non-hydrogen) atoms. The highest BCUT2D eigenvalue weighted by atomic mass is 35.5. The summed E-state index contributed by atoms with van der Waals surface area (Å²) in [7, 11) is 0. The standard InChI is InChI=1S/C12H9ClN2O4/c1-7-10(13)4-8(5-11(7)15(17)18)12-3-2-9(19-12)6-14-16/h2-6,16H,1H3/b14-6+. The molecule has 2 rings (SSSR count). The number of nitro benzene ring substituents is 1. The molecule has 0 fully saturated rings. The van der Waals surface area contributed by atoms with Gasteiger partial charge in [-0.3, -0.25) is 10.1 Å². The van der Waals surface area contributed by atoms with E-state index in [1.54, 1.807) is 25.1 Å². The van der Waals surface area contributed by atoms with Crippen LogP contribution in [-0.2, 0) is 0 Å². The van der Waals surface area contributed by atoms with Crippen molar-refractivity contribution in [3.8, 4) is 11.3 Å². The summed E-state index contributed by atoms with van der Waals surface area (Å²) in [5, 5.41) is 22.5. The number of rotatable bonds is 3. The van der Waals surface area contributed by atoms with E-state index in [9.17, 15) is 10.1 Å². The summed E-state index contributed by atoms with van der Waals surface area (Å²) < 4.78 is 5.35. The van der Waals surface area contributed by atoms with Crippen molar-refractivity contribution in [3.05, 3.63) is 50.7 Å². The Labute approximate surface area is 113 Å². The van der Waals surface area contributed by atoms with E-state index in [0.717, 1.165) is 6.21 Å². The molecule has 0 aliphatic carbocycles. The van der Waals surface area contributed by atoms with Crippen LogP contribution in [0.4, 0.5) is 5.69 Å². The van der Waals surface area contributed by atoms with E-state index in [1.165, 1.54) is 6.07 Å². The number of halogens is 1. The minimum absolute atomic E-state index is 0.0729. The molecule has 1 aromatic heterocycles. The molecule has 0 bridgehead atoms. The first-order valence-electron chi connectivity index (χ1n) is 5.25. The van der Waals surface area contributed by atoms with Crippen LogP contribution in [-0.4, -0.2) is 16.3 Å². The first-order valence-corrected chi connectivity index (χ1v) is 5.63. The molecule has 7 heteroatoms. The molecule has 0 aliphatic heterocycles. The lowest BCUT2D eigenvalue weighted by Crippen LogP contribution is -1.93. The lowest BCUT2D eigenvalue weighted by Gasteiger charge is -2.03. The van der Waals surface area contributed by atoms with Crippen LogP contribution in [0.1, 0.15) is 11.3 Å². The average molecular weight is 281 g/mol. The van der Waals surface area contributed by atoms with E-state index in [0.29, 0.717) is 22.6 Å². The Morgan fingerprint density at radius 2 is 2.21 bits per heavy atom. The third-order valence-electron chi connectivity index (χ3n) is 2.61. The maximum Gasteiger partial charge on any atom is 0.274 e. The molecular formula is C12H9ClN2O4. The molecule has 0 spiro atoms. The van der Waals surface area contributed by atoms with Crippen molar-refractivity contribution < 1.29 is 14.5 Å². The van der Waals surface area contributed by atoms with Gasteiger partial charge in [-0.25, -0.2) is 0 Å². The van der Waals surface area contributed by atoms with E-state index in [4.69, 9.17) is 21.2 Å². The highest BCUT2D eigenvalue weighted by Crippen LogP contribution is 2.33. The number of benzene rings is 1. The Morgan fingerprint density at radius 1 is 1.47 bits per heavy atom. The topological polar surface area (TPSA) is 88.9 Å². The van der Waals surface area contributed by atoms with Gasteiger partial charge in [-0.1, -0.05) is 16.8 Å². The van der Waals surface area contributed by atoms with E-state index in [1.807, 2.05) is 0 Å². The predicted octanol–water partition coefficient (Wildman–Crippen LogP) is 3.62. The number of hydrogen-bond donors (Lipinski definition) is 1. The average Bonchev–Trinajstić information content (AvgIpc) is 2.81. The lowest BCUT2D eigenvalue weighted by molar-refractivity contribution is -0.385.